The fourth-order valence-corrected chi connectivity index (χ4v) is 1.82. The third-order valence-electron chi connectivity index (χ3n) is 3.18. The van der Waals surface area contributed by atoms with Crippen LogP contribution < -0.4 is 11.1 Å². The van der Waals surface area contributed by atoms with Gasteiger partial charge in [0.2, 0.25) is 0 Å². The van der Waals surface area contributed by atoms with Crippen molar-refractivity contribution in [3.8, 4) is 5.75 Å². The van der Waals surface area contributed by atoms with E-state index in [1.54, 1.807) is 30.3 Å². The van der Waals surface area contributed by atoms with Crippen LogP contribution in [0.2, 0.25) is 0 Å². The van der Waals surface area contributed by atoms with Gasteiger partial charge in [-0.3, -0.25) is 10.0 Å². The predicted molar refractivity (Wildman–Crippen MR) is 94.4 cm³/mol. The lowest BCUT2D eigenvalue weighted by atomic mass is 10.1. The number of urea groups is 1. The number of nitrogens with zero attached hydrogens (tertiary/aromatic N) is 1. The summed E-state index contributed by atoms with van der Waals surface area (Å²) < 4.78 is 0. The number of carbonyl (C=O) groups is 2. The first-order chi connectivity index (χ1) is 11.8. The van der Waals surface area contributed by atoms with E-state index < -0.39 is 6.03 Å². The van der Waals surface area contributed by atoms with Crippen molar-refractivity contribution in [2.45, 2.75) is 13.8 Å². The van der Waals surface area contributed by atoms with Crippen LogP contribution in [-0.2, 0) is 0 Å². The van der Waals surface area contributed by atoms with Gasteiger partial charge in [0.1, 0.15) is 5.75 Å². The molecular formula is C18H23N3O4. The molecule has 0 spiro atoms. The summed E-state index contributed by atoms with van der Waals surface area (Å²) in [4.78, 5) is 22.1. The maximum Gasteiger partial charge on any atom is 0.338 e. The van der Waals surface area contributed by atoms with E-state index in [9.17, 15) is 9.59 Å². The molecule has 7 nitrogen and oxygen atoms in total. The number of benzene rings is 2. The van der Waals surface area contributed by atoms with E-state index in [4.69, 9.17) is 16.0 Å². The molecule has 0 saturated carbocycles. The molecule has 0 heterocycles. The van der Waals surface area contributed by atoms with Crippen molar-refractivity contribution in [2.24, 2.45) is 5.73 Å². The van der Waals surface area contributed by atoms with Gasteiger partial charge in [-0.05, 0) is 38.1 Å². The van der Waals surface area contributed by atoms with Crippen molar-refractivity contribution in [3.63, 3.8) is 0 Å². The summed E-state index contributed by atoms with van der Waals surface area (Å²) in [6, 6.07) is 13.3. The lowest BCUT2D eigenvalue weighted by Crippen LogP contribution is -2.39. The van der Waals surface area contributed by atoms with Gasteiger partial charge >= 0.3 is 6.03 Å². The predicted octanol–water partition coefficient (Wildman–Crippen LogP) is 2.20. The number of hydrogen-bond acceptors (Lipinski definition) is 4. The third kappa shape index (κ3) is 7.85. The van der Waals surface area contributed by atoms with Crippen molar-refractivity contribution < 1.29 is 19.9 Å². The number of aryl methyl sites for hydroxylation is 2. The van der Waals surface area contributed by atoms with E-state index in [1.807, 2.05) is 32.0 Å². The Morgan fingerprint density at radius 2 is 1.72 bits per heavy atom. The fraction of sp³-hybridized carbons (Fsp3) is 0.222. The van der Waals surface area contributed by atoms with Crippen molar-refractivity contribution in [1.82, 2.24) is 10.4 Å². The van der Waals surface area contributed by atoms with E-state index >= 15 is 0 Å². The van der Waals surface area contributed by atoms with Crippen LogP contribution in [0.15, 0.2) is 48.5 Å². The number of primary amides is 1. The molecule has 5 N–H and O–H groups in total. The first kappa shape index (κ1) is 20.0. The molecule has 3 amide bonds. The highest BCUT2D eigenvalue weighted by atomic mass is 16.5. The lowest BCUT2D eigenvalue weighted by Gasteiger charge is -2.12. The first-order valence-corrected chi connectivity index (χ1v) is 7.66. The highest BCUT2D eigenvalue weighted by Gasteiger charge is 2.07. The van der Waals surface area contributed by atoms with Crippen LogP contribution in [0.5, 0.6) is 5.75 Å². The summed E-state index contributed by atoms with van der Waals surface area (Å²) in [5.41, 5.74) is 7.50. The van der Waals surface area contributed by atoms with E-state index in [2.05, 4.69) is 5.32 Å². The van der Waals surface area contributed by atoms with E-state index in [1.165, 1.54) is 5.56 Å². The molecular weight excluding hydrogens is 322 g/mol. The number of amides is 3. The minimum Gasteiger partial charge on any atom is -0.508 e. The molecule has 2 aromatic rings. The van der Waals surface area contributed by atoms with Gasteiger partial charge in [0.25, 0.3) is 5.91 Å². The zero-order valence-corrected chi connectivity index (χ0v) is 14.3. The quantitative estimate of drug-likeness (QED) is 0.502. The average Bonchev–Trinajstić information content (AvgIpc) is 2.57. The number of phenolic OH excluding ortho intramolecular Hbond substituents is 1. The van der Waals surface area contributed by atoms with Crippen molar-refractivity contribution >= 4 is 11.9 Å². The van der Waals surface area contributed by atoms with Crippen LogP contribution in [0, 0.1) is 13.8 Å². The molecule has 0 aliphatic carbocycles. The van der Waals surface area contributed by atoms with Gasteiger partial charge in [0.15, 0.2) is 0 Å². The van der Waals surface area contributed by atoms with E-state index in [0.717, 1.165) is 5.56 Å². The zero-order chi connectivity index (χ0) is 18.8. The van der Waals surface area contributed by atoms with Gasteiger partial charge in [-0.1, -0.05) is 35.4 Å². The number of aromatic hydroxyl groups is 1. The van der Waals surface area contributed by atoms with E-state index in [0.29, 0.717) is 16.4 Å². The standard InChI is InChI=1S/C11H15N3O3.C7H8O/c1-8-3-2-4-9(7-8)10(15)13-5-6-14(17)11(12)16;1-6-2-4-7(8)5-3-6/h2-4,7,17H,5-6H2,1H3,(H2,12,16)(H,13,15);2-5,8H,1H3. The largest absolute Gasteiger partial charge is 0.508 e. The van der Waals surface area contributed by atoms with Crippen molar-refractivity contribution in [3.05, 3.63) is 65.2 Å². The number of phenols is 1. The van der Waals surface area contributed by atoms with Crippen LogP contribution in [0.3, 0.4) is 0 Å². The fourth-order valence-electron chi connectivity index (χ4n) is 1.82. The van der Waals surface area contributed by atoms with Crippen LogP contribution in [0.25, 0.3) is 0 Å². The molecule has 134 valence electrons. The second kappa shape index (κ2) is 9.94. The van der Waals surface area contributed by atoms with Gasteiger partial charge in [0, 0.05) is 12.1 Å². The SMILES string of the molecule is Cc1ccc(O)cc1.Cc1cccc(C(=O)NCCN(O)C(N)=O)c1. The third-order valence-corrected chi connectivity index (χ3v) is 3.18. The molecule has 2 aromatic carbocycles. The number of hydrogen-bond donors (Lipinski definition) is 4. The molecule has 0 radical (unpaired) electrons. The smallest absolute Gasteiger partial charge is 0.338 e. The van der Waals surface area contributed by atoms with Gasteiger partial charge in [0.05, 0.1) is 6.54 Å². The van der Waals surface area contributed by atoms with Crippen LogP contribution in [0.4, 0.5) is 4.79 Å². The Hall–Kier alpha value is -3.06. The van der Waals surface area contributed by atoms with Crippen LogP contribution >= 0.6 is 0 Å². The monoisotopic (exact) mass is 345 g/mol. The normalized spacial score (nSPS) is 9.56. The topological polar surface area (TPSA) is 116 Å². The number of nitrogens with one attached hydrogen (secondary N) is 1. The molecule has 0 aliphatic rings. The summed E-state index contributed by atoms with van der Waals surface area (Å²) in [5.74, 6) is 0.0715. The average molecular weight is 345 g/mol. The Bertz CT molecular complexity index is 681. The van der Waals surface area contributed by atoms with Crippen molar-refractivity contribution in [2.75, 3.05) is 13.1 Å². The second-order valence-electron chi connectivity index (χ2n) is 5.42. The van der Waals surface area contributed by atoms with E-state index in [-0.39, 0.29) is 19.0 Å². The molecule has 0 aromatic heterocycles. The summed E-state index contributed by atoms with van der Waals surface area (Å²) in [6.45, 7) is 3.96. The minimum atomic E-state index is -0.949. The molecule has 2 rings (SSSR count). The number of rotatable bonds is 4. The summed E-state index contributed by atoms with van der Waals surface area (Å²) in [6.07, 6.45) is 0. The van der Waals surface area contributed by atoms with Gasteiger partial charge in [-0.25, -0.2) is 9.86 Å². The van der Waals surface area contributed by atoms with Crippen molar-refractivity contribution in [1.29, 1.82) is 0 Å². The molecule has 0 bridgehead atoms. The Morgan fingerprint density at radius 1 is 1.08 bits per heavy atom. The Kier molecular flexibility index (Phi) is 7.95. The number of nitrogens with two attached hydrogens (primary N) is 1. The molecule has 7 heteroatoms. The lowest BCUT2D eigenvalue weighted by molar-refractivity contribution is -0.0376. The summed E-state index contributed by atoms with van der Waals surface area (Å²) in [7, 11) is 0. The molecule has 25 heavy (non-hydrogen) atoms. The minimum absolute atomic E-state index is 0.0487. The molecule has 0 saturated heterocycles. The van der Waals surface area contributed by atoms with Gasteiger partial charge in [-0.2, -0.15) is 0 Å². The highest BCUT2D eigenvalue weighted by molar-refractivity contribution is 5.94. The van der Waals surface area contributed by atoms with Gasteiger partial charge < -0.3 is 16.2 Å². The zero-order valence-electron chi connectivity index (χ0n) is 14.3. The second-order valence-corrected chi connectivity index (χ2v) is 5.42. The Balaban J connectivity index is 0.000000324. The Morgan fingerprint density at radius 3 is 2.24 bits per heavy atom. The summed E-state index contributed by atoms with van der Waals surface area (Å²) >= 11 is 0. The highest BCUT2D eigenvalue weighted by Crippen LogP contribution is 2.07. The molecule has 0 aliphatic heterocycles. The van der Waals surface area contributed by atoms with Crippen LogP contribution in [-0.4, -0.2) is 40.4 Å². The molecule has 0 atom stereocenters. The van der Waals surface area contributed by atoms with Crippen LogP contribution in [0.1, 0.15) is 21.5 Å². The maximum absolute atomic E-state index is 11.6. The number of carbonyl (C=O) groups excluding carboxylic acids is 2. The summed E-state index contributed by atoms with van der Waals surface area (Å²) in [5, 5.41) is 20.6. The Labute approximate surface area is 146 Å². The number of hydroxylamine groups is 2. The van der Waals surface area contributed by atoms with Gasteiger partial charge in [-0.15, -0.1) is 0 Å². The first-order valence-electron chi connectivity index (χ1n) is 7.66. The maximum atomic E-state index is 11.6. The molecule has 0 unspecified atom stereocenters. The molecule has 0 fully saturated rings.